The lowest BCUT2D eigenvalue weighted by Crippen LogP contribution is -2.03. The van der Waals surface area contributed by atoms with E-state index >= 15 is 0 Å². The predicted molar refractivity (Wildman–Crippen MR) is 171 cm³/mol. The number of aromatic nitrogens is 2. The Hall–Kier alpha value is -5.47. The Balaban J connectivity index is 1.53. The van der Waals surface area contributed by atoms with Gasteiger partial charge in [0.25, 0.3) is 0 Å². The van der Waals surface area contributed by atoms with Gasteiger partial charge in [-0.2, -0.15) is 0 Å². The average molecular weight is 521 g/mol. The Morgan fingerprint density at radius 2 is 0.927 bits per heavy atom. The smallest absolute Gasteiger partial charge is 0.0708 e. The van der Waals surface area contributed by atoms with Gasteiger partial charge in [0.05, 0.1) is 22.2 Å². The van der Waals surface area contributed by atoms with E-state index in [0.29, 0.717) is 0 Å². The van der Waals surface area contributed by atoms with Crippen LogP contribution in [0.1, 0.15) is 0 Å². The highest BCUT2D eigenvalue weighted by molar-refractivity contribution is 6.14. The minimum Gasteiger partial charge on any atom is -0.309 e. The van der Waals surface area contributed by atoms with E-state index in [4.69, 9.17) is 4.98 Å². The zero-order valence-corrected chi connectivity index (χ0v) is 22.3. The molecule has 0 aliphatic heterocycles. The quantitative estimate of drug-likeness (QED) is 0.210. The molecular formula is C39H24N2. The minimum absolute atomic E-state index is 1.01. The van der Waals surface area contributed by atoms with Crippen LogP contribution in [-0.2, 0) is 0 Å². The van der Waals surface area contributed by atoms with Crippen molar-refractivity contribution in [2.24, 2.45) is 0 Å². The third kappa shape index (κ3) is 3.10. The predicted octanol–water partition coefficient (Wildman–Crippen LogP) is 10.3. The van der Waals surface area contributed by atoms with Crippen molar-refractivity contribution in [1.29, 1.82) is 0 Å². The number of benzene rings is 6. The highest BCUT2D eigenvalue weighted by Crippen LogP contribution is 2.51. The second-order valence-corrected chi connectivity index (χ2v) is 10.7. The van der Waals surface area contributed by atoms with Crippen molar-refractivity contribution in [3.8, 4) is 50.2 Å². The molecule has 1 aliphatic carbocycles. The maximum absolute atomic E-state index is 4.77. The van der Waals surface area contributed by atoms with Crippen molar-refractivity contribution in [2.45, 2.75) is 0 Å². The number of hydrogen-bond acceptors (Lipinski definition) is 1. The summed E-state index contributed by atoms with van der Waals surface area (Å²) in [4.78, 5) is 4.77. The fourth-order valence-electron chi connectivity index (χ4n) is 6.96. The maximum atomic E-state index is 4.77. The summed E-state index contributed by atoms with van der Waals surface area (Å²) in [6.45, 7) is 0. The van der Waals surface area contributed by atoms with Crippen LogP contribution in [0.4, 0.5) is 0 Å². The lowest BCUT2D eigenvalue weighted by molar-refractivity contribution is 1.18. The van der Waals surface area contributed by atoms with Crippen LogP contribution in [0.2, 0.25) is 0 Å². The summed E-state index contributed by atoms with van der Waals surface area (Å²) < 4.78 is 2.46. The monoisotopic (exact) mass is 520 g/mol. The van der Waals surface area contributed by atoms with Gasteiger partial charge in [-0.05, 0) is 69.3 Å². The van der Waals surface area contributed by atoms with E-state index in [1.807, 2.05) is 6.20 Å². The normalized spacial score (nSPS) is 11.9. The minimum atomic E-state index is 1.01. The molecule has 0 amide bonds. The van der Waals surface area contributed by atoms with Crippen LogP contribution in [-0.4, -0.2) is 9.55 Å². The van der Waals surface area contributed by atoms with Gasteiger partial charge >= 0.3 is 0 Å². The van der Waals surface area contributed by atoms with E-state index in [1.165, 1.54) is 77.4 Å². The van der Waals surface area contributed by atoms with Gasteiger partial charge in [0.15, 0.2) is 0 Å². The van der Waals surface area contributed by atoms with E-state index in [0.717, 1.165) is 5.52 Å². The highest BCUT2D eigenvalue weighted by atomic mass is 15.0. The molecule has 0 spiro atoms. The van der Waals surface area contributed by atoms with Crippen molar-refractivity contribution in [2.75, 3.05) is 0 Å². The lowest BCUT2D eigenvalue weighted by Gasteiger charge is -2.26. The second kappa shape index (κ2) is 8.51. The number of hydrogen-bond donors (Lipinski definition) is 0. The molecule has 0 atom stereocenters. The summed E-state index contributed by atoms with van der Waals surface area (Å²) >= 11 is 0. The Kier molecular flexibility index (Phi) is 4.64. The van der Waals surface area contributed by atoms with Gasteiger partial charge in [-0.15, -0.1) is 0 Å². The molecule has 2 heterocycles. The first-order chi connectivity index (χ1) is 20.4. The molecule has 0 saturated heterocycles. The topological polar surface area (TPSA) is 17.8 Å². The molecule has 190 valence electrons. The SMILES string of the molecule is c1ccc2c(c1)-c1ccccc1-c1c(ccc3ncccc13)-c1c-2cccc1-n1c2ccccc2c2ccccc21. The number of nitrogens with zero attached hydrogens (tertiary/aromatic N) is 2. The summed E-state index contributed by atoms with van der Waals surface area (Å²) in [6.07, 6.45) is 1.89. The van der Waals surface area contributed by atoms with Crippen molar-refractivity contribution in [3.63, 3.8) is 0 Å². The number of pyridine rings is 1. The van der Waals surface area contributed by atoms with Gasteiger partial charge in [0.2, 0.25) is 0 Å². The third-order valence-corrected chi connectivity index (χ3v) is 8.62. The summed E-state index contributed by atoms with van der Waals surface area (Å²) in [5, 5.41) is 3.69. The molecule has 0 radical (unpaired) electrons. The van der Waals surface area contributed by atoms with Gasteiger partial charge in [-0.25, -0.2) is 0 Å². The van der Waals surface area contributed by atoms with Gasteiger partial charge < -0.3 is 4.57 Å². The van der Waals surface area contributed by atoms with Crippen LogP contribution in [0.5, 0.6) is 0 Å². The molecule has 2 nitrogen and oxygen atoms in total. The molecular weight excluding hydrogens is 496 g/mol. The average Bonchev–Trinajstić information content (AvgIpc) is 3.37. The fourth-order valence-corrected chi connectivity index (χ4v) is 6.96. The molecule has 41 heavy (non-hydrogen) atoms. The number of para-hydroxylation sites is 2. The van der Waals surface area contributed by atoms with Crippen LogP contribution in [0.15, 0.2) is 146 Å². The first-order valence-electron chi connectivity index (χ1n) is 14.1. The molecule has 8 aromatic rings. The highest BCUT2D eigenvalue weighted by Gasteiger charge is 2.26. The van der Waals surface area contributed by atoms with Crippen LogP contribution >= 0.6 is 0 Å². The Morgan fingerprint density at radius 3 is 1.66 bits per heavy atom. The van der Waals surface area contributed by atoms with Gasteiger partial charge in [0, 0.05) is 27.9 Å². The van der Waals surface area contributed by atoms with Crippen LogP contribution in [0, 0.1) is 0 Å². The van der Waals surface area contributed by atoms with Gasteiger partial charge in [-0.1, -0.05) is 109 Å². The first-order valence-corrected chi connectivity index (χ1v) is 14.1. The van der Waals surface area contributed by atoms with Crippen molar-refractivity contribution < 1.29 is 0 Å². The lowest BCUT2D eigenvalue weighted by atomic mass is 9.79. The molecule has 0 N–H and O–H groups in total. The summed E-state index contributed by atoms with van der Waals surface area (Å²) in [7, 11) is 0. The second-order valence-electron chi connectivity index (χ2n) is 10.7. The van der Waals surface area contributed by atoms with Crippen molar-refractivity contribution in [1.82, 2.24) is 9.55 Å². The number of fused-ring (bicyclic) bond motifs is 13. The molecule has 0 saturated carbocycles. The molecule has 0 fully saturated rings. The van der Waals surface area contributed by atoms with E-state index in [1.54, 1.807) is 0 Å². The van der Waals surface area contributed by atoms with Crippen LogP contribution in [0.3, 0.4) is 0 Å². The molecule has 2 aromatic heterocycles. The Bertz CT molecular complexity index is 2270. The summed E-state index contributed by atoms with van der Waals surface area (Å²) in [6, 6.07) is 50.7. The number of rotatable bonds is 1. The molecule has 1 aliphatic rings. The molecule has 0 unspecified atom stereocenters. The molecule has 2 heteroatoms. The summed E-state index contributed by atoms with van der Waals surface area (Å²) in [5.74, 6) is 0. The Labute approximate surface area is 237 Å². The molecule has 9 rings (SSSR count). The van der Waals surface area contributed by atoms with Crippen molar-refractivity contribution >= 4 is 32.7 Å². The largest absolute Gasteiger partial charge is 0.309 e. The molecule has 6 aromatic carbocycles. The maximum Gasteiger partial charge on any atom is 0.0708 e. The zero-order valence-electron chi connectivity index (χ0n) is 22.3. The van der Waals surface area contributed by atoms with Gasteiger partial charge in [0.1, 0.15) is 0 Å². The van der Waals surface area contributed by atoms with Gasteiger partial charge in [-0.3, -0.25) is 4.98 Å². The molecule has 0 bridgehead atoms. The summed E-state index contributed by atoms with van der Waals surface area (Å²) in [5.41, 5.74) is 14.5. The van der Waals surface area contributed by atoms with E-state index in [9.17, 15) is 0 Å². The standard InChI is InChI=1S/C39H24N2/c1-2-13-27-25(11-1)26-12-3-4-16-30(26)38-32-18-10-24-40-34(32)23-22-33(38)39-31(27)17-9-21-37(39)41-35-19-7-5-14-28(35)29-15-6-8-20-36(29)41/h1-24H. The van der Waals surface area contributed by atoms with Crippen molar-refractivity contribution in [3.05, 3.63) is 146 Å². The Morgan fingerprint density at radius 1 is 0.366 bits per heavy atom. The zero-order chi connectivity index (χ0) is 26.9. The van der Waals surface area contributed by atoms with Crippen LogP contribution in [0.25, 0.3) is 82.9 Å². The first kappa shape index (κ1) is 22.4. The fraction of sp³-hybridized carbons (Fsp3) is 0. The van der Waals surface area contributed by atoms with E-state index in [-0.39, 0.29) is 0 Å². The van der Waals surface area contributed by atoms with Crippen LogP contribution < -0.4 is 0 Å². The van der Waals surface area contributed by atoms with E-state index < -0.39 is 0 Å². The third-order valence-electron chi connectivity index (χ3n) is 8.62. The van der Waals surface area contributed by atoms with E-state index in [2.05, 4.69) is 144 Å².